The first-order valence-corrected chi connectivity index (χ1v) is 25.9. The Hall–Kier alpha value is -3.68. The third-order valence-electron chi connectivity index (χ3n) is 2.26. The van der Waals surface area contributed by atoms with Gasteiger partial charge in [0, 0.05) is 0 Å². The summed E-state index contributed by atoms with van der Waals surface area (Å²) in [5, 5.41) is 13.3. The predicted octanol–water partition coefficient (Wildman–Crippen LogP) is 8.15. The zero-order valence-corrected chi connectivity index (χ0v) is 44.7. The number of carboxylic acids is 1. The van der Waals surface area contributed by atoms with Crippen LogP contribution in [0.1, 0.15) is 20.3 Å². The number of halogens is 28. The van der Waals surface area contributed by atoms with Gasteiger partial charge < -0.3 is 14.9 Å². The van der Waals surface area contributed by atoms with Crippen LogP contribution in [-0.2, 0) is 90.0 Å². The highest BCUT2D eigenvalue weighted by atomic mass is 32.3. The molecule has 1 rings (SSSR count). The largest absolute Gasteiger partial charge is 0.512 e. The van der Waals surface area contributed by atoms with Crippen molar-refractivity contribution < 1.29 is 227 Å². The lowest BCUT2D eigenvalue weighted by atomic mass is 10.5. The van der Waals surface area contributed by atoms with Crippen molar-refractivity contribution in [2.45, 2.75) is 25.8 Å². The second-order valence-corrected chi connectivity index (χ2v) is 18.0. The second kappa shape index (κ2) is 93.7. The van der Waals surface area contributed by atoms with Crippen LogP contribution in [0.25, 0.3) is 0 Å². The topological polar surface area (TPSA) is 390 Å². The van der Waals surface area contributed by atoms with Crippen molar-refractivity contribution in [1.82, 2.24) is 8.25 Å². The number of hydrogen-bond acceptors (Lipinski definition) is 19. The molecule has 520 valence electrons. The highest BCUT2D eigenvalue weighted by molar-refractivity contribution is 8.20. The van der Waals surface area contributed by atoms with Gasteiger partial charge >= 0.3 is 38.1 Å². The zero-order chi connectivity index (χ0) is 70.3. The van der Waals surface area contributed by atoms with Crippen molar-refractivity contribution in [2.75, 3.05) is 112 Å². The molecule has 0 radical (unpaired) electrons. The summed E-state index contributed by atoms with van der Waals surface area (Å²) in [6.45, 7) is -13.9. The number of hydrogen-bond donors (Lipinski definition) is 6. The molecule has 1 aliphatic heterocycles. The molecule has 0 saturated carbocycles. The highest BCUT2D eigenvalue weighted by Gasteiger charge is 2.48. The van der Waals surface area contributed by atoms with Crippen molar-refractivity contribution in [1.29, 1.82) is 0 Å². The number of nitrogens with one attached hydrogen (secondary N) is 2. The molecular weight excluding hydrogens is 1400 g/mol. The summed E-state index contributed by atoms with van der Waals surface area (Å²) in [5.41, 5.74) is -5.86. The van der Waals surface area contributed by atoms with E-state index in [1.54, 1.807) is 0 Å². The molecule has 0 aromatic rings. The fourth-order valence-electron chi connectivity index (χ4n) is 0.962. The molecule has 0 unspecified atom stereocenters. The number of carboxylic acid groups (broad SMARTS) is 2. The van der Waals surface area contributed by atoms with Gasteiger partial charge in [-0.15, -0.1) is 8.52 Å². The van der Waals surface area contributed by atoms with Crippen LogP contribution in [-0.4, -0.2) is 200 Å². The van der Waals surface area contributed by atoms with E-state index in [-0.39, 0.29) is 36.3 Å². The fourth-order valence-corrected chi connectivity index (χ4v) is 5.95. The summed E-state index contributed by atoms with van der Waals surface area (Å²) in [6.07, 6.45) is -2.22. The van der Waals surface area contributed by atoms with Gasteiger partial charge in [-0.1, -0.05) is 8.01 Å². The minimum atomic E-state index is -6.17. The van der Waals surface area contributed by atoms with Gasteiger partial charge in [-0.3, -0.25) is 17.9 Å². The van der Waals surface area contributed by atoms with E-state index in [9.17, 15) is 173 Å². The van der Waals surface area contributed by atoms with Gasteiger partial charge in [-0.25, -0.2) is 109 Å². The SMILES string of the molecule is CCF.CCF.FCF.FCF.FCF.FCF.FCF.FCOF.FCOF.FCOF.FCOF.O=C(O)CF.O=C(O)F.O=S(=O)(F)NS(=O)(=O)C(F)(F)F.O=S(=O)(O)CCCOCF.O=S(=O)(O)CF.O=S1(=O)CS(=O)(=O)N1. The van der Waals surface area contributed by atoms with Gasteiger partial charge in [0.15, 0.2) is 18.6 Å². The number of sulfonamides is 3. The van der Waals surface area contributed by atoms with Gasteiger partial charge in [-0.05, 0) is 38.4 Å². The highest BCUT2D eigenvalue weighted by Crippen LogP contribution is 2.22. The van der Waals surface area contributed by atoms with E-state index in [4.69, 9.17) is 28.9 Å². The summed E-state index contributed by atoms with van der Waals surface area (Å²) in [6, 6.07) is -1.70. The van der Waals surface area contributed by atoms with Crippen molar-refractivity contribution in [3.63, 3.8) is 0 Å². The molecular formula is C23H48F28N2O23S6. The van der Waals surface area contributed by atoms with Gasteiger partial charge in [0.1, 0.15) is 0 Å². The average molecular weight is 1440 g/mol. The van der Waals surface area contributed by atoms with Crippen LogP contribution in [0.5, 0.6) is 0 Å². The number of carbonyl (C=O) groups is 2. The Morgan fingerprint density at radius 1 is 0.537 bits per heavy atom. The Balaban J connectivity index is -0.0000000414. The van der Waals surface area contributed by atoms with E-state index in [2.05, 4.69) is 24.5 Å². The molecule has 59 heteroatoms. The lowest BCUT2D eigenvalue weighted by Gasteiger charge is -2.13. The maximum atomic E-state index is 11.4. The second-order valence-electron chi connectivity index (χ2n) is 7.94. The number of aliphatic carboxylic acids is 1. The number of alkyl halides is 22. The molecule has 82 heavy (non-hydrogen) atoms. The maximum absolute atomic E-state index is 11.4. The Labute approximate surface area is 445 Å². The van der Waals surface area contributed by atoms with E-state index in [1.165, 1.54) is 18.0 Å². The lowest BCUT2D eigenvalue weighted by Crippen LogP contribution is -2.48. The van der Waals surface area contributed by atoms with Crippen molar-refractivity contribution in [3.05, 3.63) is 0 Å². The third kappa shape index (κ3) is 280. The van der Waals surface area contributed by atoms with E-state index in [0.29, 0.717) is 0 Å². The van der Waals surface area contributed by atoms with E-state index >= 15 is 0 Å². The Morgan fingerprint density at radius 3 is 0.780 bits per heavy atom. The van der Waals surface area contributed by atoms with Crippen LogP contribution in [0.2, 0.25) is 0 Å². The summed E-state index contributed by atoms with van der Waals surface area (Å²) >= 11 is 0. The lowest BCUT2D eigenvalue weighted by molar-refractivity contribution is -0.167. The first-order valence-electron chi connectivity index (χ1n) is 16.5. The molecule has 6 N–H and O–H groups in total. The molecule has 1 heterocycles. The normalized spacial score (nSPS) is 11.2. The molecule has 0 atom stereocenters. The van der Waals surface area contributed by atoms with Crippen LogP contribution in [0.15, 0.2) is 0 Å². The van der Waals surface area contributed by atoms with Gasteiger partial charge in [-0.2, -0.15) is 58.2 Å². The van der Waals surface area contributed by atoms with Gasteiger partial charge in [0.25, 0.3) is 20.2 Å². The Kier molecular flexibility index (Phi) is 138. The monoisotopic (exact) mass is 1440 g/mol. The van der Waals surface area contributed by atoms with Crippen molar-refractivity contribution in [3.8, 4) is 0 Å². The maximum Gasteiger partial charge on any atom is 0.512 e. The molecule has 0 aromatic heterocycles. The molecule has 1 saturated heterocycles. The molecule has 25 nitrogen and oxygen atoms in total. The number of rotatable bonds is 13. The van der Waals surface area contributed by atoms with Gasteiger partial charge in [0.2, 0.25) is 88.1 Å². The molecule has 0 amide bonds. The molecule has 0 aromatic carbocycles. The molecule has 1 fully saturated rings. The van der Waals surface area contributed by atoms with Crippen LogP contribution in [0.4, 0.5) is 128 Å². The van der Waals surface area contributed by atoms with Crippen molar-refractivity contribution >= 4 is 72.9 Å². The molecule has 0 spiro atoms. The van der Waals surface area contributed by atoms with E-state index < -0.39 is 165 Å². The van der Waals surface area contributed by atoms with Crippen LogP contribution < -0.4 is 8.25 Å². The molecule has 1 aliphatic rings. The summed E-state index contributed by atoms with van der Waals surface area (Å²) in [7, 11) is -27.2. The predicted molar refractivity (Wildman–Crippen MR) is 219 cm³/mol. The first-order chi connectivity index (χ1) is 37.1. The number of ether oxygens (including phenoxy) is 1. The quantitative estimate of drug-likeness (QED) is 0.0438. The van der Waals surface area contributed by atoms with Gasteiger partial charge in [0.05, 0.1) is 25.7 Å². The van der Waals surface area contributed by atoms with Crippen LogP contribution >= 0.6 is 0 Å². The van der Waals surface area contributed by atoms with E-state index in [0.717, 1.165) is 0 Å². The first kappa shape index (κ1) is 121. The van der Waals surface area contributed by atoms with E-state index in [1.807, 2.05) is 0 Å². The zero-order valence-electron chi connectivity index (χ0n) is 39.8. The summed E-state index contributed by atoms with van der Waals surface area (Å²) < 4.78 is 422. The van der Waals surface area contributed by atoms with Crippen LogP contribution in [0.3, 0.4) is 0 Å². The van der Waals surface area contributed by atoms with Crippen LogP contribution in [0, 0.1) is 0 Å². The standard InChI is InChI=1S/C4H9FO4S.C2H3FO2.2C2H5F.CHF4NO4S2.4CH2F2O.5CH2F2.CH3FO3S.CHFO2.CH3NO4S2/c5-4-9-2-1-3-10(6,7)8;3-1-2(4)5;2*1-2-3;2-1(3,4)11(7,8)6-12(5,9)10;4*2-1-4-3;5*2-1-3;2-1-6(3,4)5;2-1(3)4;3-7(4)1-8(5,6)2-7/h1-4H2,(H,6,7,8);1H2,(H,4,5);2*2H2,1H3;6H;4*1H2;5*1H2;1H2,(H,3,4,5);(H,3,4);2H,1H2. The molecule has 0 bridgehead atoms. The fraction of sp³-hybridized carbons (Fsp3) is 0.913. The smallest absolute Gasteiger partial charge is 0.479 e. The minimum Gasteiger partial charge on any atom is -0.479 e. The average Bonchev–Trinajstić information content (AvgIpc) is 3.30. The Bertz CT molecular complexity index is 1770. The molecule has 0 aliphatic carbocycles. The summed E-state index contributed by atoms with van der Waals surface area (Å²) in [5.74, 6) is -1.79. The summed E-state index contributed by atoms with van der Waals surface area (Å²) in [4.78, 5) is 26.8. The Morgan fingerprint density at radius 2 is 0.720 bits per heavy atom. The third-order valence-corrected chi connectivity index (χ3v) is 10.1. The minimum absolute atomic E-state index is 0.0102. The van der Waals surface area contributed by atoms with Crippen molar-refractivity contribution in [2.24, 2.45) is 0 Å².